The number of hydrogen-bond donors (Lipinski definition) is 1. The lowest BCUT2D eigenvalue weighted by Gasteiger charge is -2.13. The van der Waals surface area contributed by atoms with Gasteiger partial charge in [-0.25, -0.2) is 9.38 Å². The van der Waals surface area contributed by atoms with Crippen molar-refractivity contribution in [1.82, 2.24) is 4.90 Å². The van der Waals surface area contributed by atoms with E-state index in [9.17, 15) is 14.3 Å². The van der Waals surface area contributed by atoms with Crippen LogP contribution in [-0.2, 0) is 4.79 Å². The average Bonchev–Trinajstić information content (AvgIpc) is 2.64. The van der Waals surface area contributed by atoms with Crippen molar-refractivity contribution in [3.63, 3.8) is 0 Å². The van der Waals surface area contributed by atoms with Crippen LogP contribution in [0.25, 0.3) is 6.08 Å². The minimum Gasteiger partial charge on any atom is -0.505 e. The maximum Gasteiger partial charge on any atom is 0.277 e. The first-order valence-electron chi connectivity index (χ1n) is 6.52. The Morgan fingerprint density at radius 1 is 1.40 bits per heavy atom. The number of carbonyl (C=O) groups is 1. The van der Waals surface area contributed by atoms with Crippen molar-refractivity contribution in [3.8, 4) is 5.75 Å². The molecule has 4 nitrogen and oxygen atoms in total. The molecule has 0 saturated heterocycles. The molecule has 0 unspecified atom stereocenters. The van der Waals surface area contributed by atoms with Crippen molar-refractivity contribution in [2.75, 3.05) is 6.54 Å². The molecule has 20 heavy (non-hydrogen) atoms. The molecule has 2 rings (SSSR count). The molecule has 1 aromatic rings. The lowest BCUT2D eigenvalue weighted by Crippen LogP contribution is -2.31. The van der Waals surface area contributed by atoms with E-state index in [1.807, 2.05) is 6.92 Å². The summed E-state index contributed by atoms with van der Waals surface area (Å²) in [5.74, 6) is -0.583. The molecule has 1 aliphatic heterocycles. The standard InChI is InChI=1S/C15H17FN2O2/c1-4-5-18-10(3)17-13(15(18)20)8-11-6-9(2)14(19)12(16)7-11/h6-8,19H,4-5H2,1-3H3/b13-8-. The Kier molecular flexibility index (Phi) is 3.88. The van der Waals surface area contributed by atoms with Gasteiger partial charge in [0.1, 0.15) is 11.5 Å². The van der Waals surface area contributed by atoms with Crippen molar-refractivity contribution in [2.24, 2.45) is 4.99 Å². The number of amides is 1. The zero-order valence-electron chi connectivity index (χ0n) is 11.8. The van der Waals surface area contributed by atoms with E-state index in [0.29, 0.717) is 29.2 Å². The predicted molar refractivity (Wildman–Crippen MR) is 75.9 cm³/mol. The monoisotopic (exact) mass is 276 g/mol. The Morgan fingerprint density at radius 2 is 2.10 bits per heavy atom. The number of phenols is 1. The van der Waals surface area contributed by atoms with Crippen LogP contribution in [-0.4, -0.2) is 28.3 Å². The summed E-state index contributed by atoms with van der Waals surface area (Å²) in [5, 5.41) is 9.40. The molecule has 0 radical (unpaired) electrons. The molecule has 0 bridgehead atoms. The second-order valence-corrected chi connectivity index (χ2v) is 4.81. The van der Waals surface area contributed by atoms with E-state index in [1.54, 1.807) is 24.8 Å². The number of phenolic OH excluding ortho intramolecular Hbond substituents is 1. The second kappa shape index (κ2) is 5.45. The number of benzene rings is 1. The van der Waals surface area contributed by atoms with Gasteiger partial charge in [0, 0.05) is 6.54 Å². The molecule has 106 valence electrons. The van der Waals surface area contributed by atoms with E-state index in [1.165, 1.54) is 12.1 Å². The van der Waals surface area contributed by atoms with Crippen LogP contribution in [0.2, 0.25) is 0 Å². The molecule has 0 saturated carbocycles. The summed E-state index contributed by atoms with van der Waals surface area (Å²) >= 11 is 0. The van der Waals surface area contributed by atoms with Gasteiger partial charge in [0.25, 0.3) is 5.91 Å². The molecule has 1 aromatic carbocycles. The molecular formula is C15H17FN2O2. The third-order valence-corrected chi connectivity index (χ3v) is 3.16. The lowest BCUT2D eigenvalue weighted by molar-refractivity contribution is -0.122. The second-order valence-electron chi connectivity index (χ2n) is 4.81. The number of nitrogens with zero attached hydrogens (tertiary/aromatic N) is 2. The highest BCUT2D eigenvalue weighted by atomic mass is 19.1. The summed E-state index contributed by atoms with van der Waals surface area (Å²) in [6.45, 7) is 5.99. The van der Waals surface area contributed by atoms with Crippen LogP contribution in [0.15, 0.2) is 22.8 Å². The summed E-state index contributed by atoms with van der Waals surface area (Å²) in [6, 6.07) is 2.81. The van der Waals surface area contributed by atoms with Crippen LogP contribution in [0.4, 0.5) is 4.39 Å². The summed E-state index contributed by atoms with van der Waals surface area (Å²) < 4.78 is 13.5. The number of amidine groups is 1. The zero-order valence-corrected chi connectivity index (χ0v) is 11.8. The molecule has 1 amide bonds. The van der Waals surface area contributed by atoms with Crippen LogP contribution in [0.1, 0.15) is 31.4 Å². The highest BCUT2D eigenvalue weighted by molar-refractivity contribution is 6.13. The predicted octanol–water partition coefficient (Wildman–Crippen LogP) is 2.85. The molecule has 0 fully saturated rings. The third kappa shape index (κ3) is 2.57. The SMILES string of the molecule is CCCN1C(=O)/C(=C/c2cc(C)c(O)c(F)c2)N=C1C. The molecule has 1 heterocycles. The van der Waals surface area contributed by atoms with E-state index in [4.69, 9.17) is 0 Å². The van der Waals surface area contributed by atoms with E-state index in [-0.39, 0.29) is 11.7 Å². The fourth-order valence-corrected chi connectivity index (χ4v) is 2.15. The van der Waals surface area contributed by atoms with Crippen molar-refractivity contribution in [1.29, 1.82) is 0 Å². The maximum absolute atomic E-state index is 13.5. The Bertz CT molecular complexity index is 597. The highest BCUT2D eigenvalue weighted by Crippen LogP contribution is 2.25. The Morgan fingerprint density at radius 3 is 2.70 bits per heavy atom. The number of hydrogen-bond acceptors (Lipinski definition) is 3. The molecular weight excluding hydrogens is 259 g/mol. The topological polar surface area (TPSA) is 52.9 Å². The zero-order chi connectivity index (χ0) is 14.9. The molecule has 1 aliphatic rings. The summed E-state index contributed by atoms with van der Waals surface area (Å²) in [7, 11) is 0. The summed E-state index contributed by atoms with van der Waals surface area (Å²) in [6.07, 6.45) is 2.38. The number of rotatable bonds is 3. The Balaban J connectivity index is 2.35. The van der Waals surface area contributed by atoms with Crippen molar-refractivity contribution < 1.29 is 14.3 Å². The van der Waals surface area contributed by atoms with E-state index in [0.717, 1.165) is 6.42 Å². The van der Waals surface area contributed by atoms with Crippen LogP contribution in [0.5, 0.6) is 5.75 Å². The number of aliphatic imine (C=N–C) groups is 1. The highest BCUT2D eigenvalue weighted by Gasteiger charge is 2.26. The maximum atomic E-state index is 13.5. The van der Waals surface area contributed by atoms with Gasteiger partial charge in [-0.3, -0.25) is 9.69 Å². The van der Waals surface area contributed by atoms with Gasteiger partial charge in [-0.15, -0.1) is 0 Å². The first-order valence-corrected chi connectivity index (χ1v) is 6.52. The average molecular weight is 276 g/mol. The van der Waals surface area contributed by atoms with Gasteiger partial charge in [0.15, 0.2) is 11.6 Å². The largest absolute Gasteiger partial charge is 0.505 e. The van der Waals surface area contributed by atoms with Gasteiger partial charge >= 0.3 is 0 Å². The Hall–Kier alpha value is -2.17. The molecule has 0 aliphatic carbocycles. The van der Waals surface area contributed by atoms with Gasteiger partial charge in [-0.1, -0.05) is 6.92 Å². The number of carbonyl (C=O) groups excluding carboxylic acids is 1. The smallest absolute Gasteiger partial charge is 0.277 e. The fourth-order valence-electron chi connectivity index (χ4n) is 2.15. The van der Waals surface area contributed by atoms with Crippen LogP contribution in [0.3, 0.4) is 0 Å². The van der Waals surface area contributed by atoms with Crippen molar-refractivity contribution >= 4 is 17.8 Å². The minimum atomic E-state index is -0.701. The van der Waals surface area contributed by atoms with Crippen LogP contribution < -0.4 is 0 Å². The van der Waals surface area contributed by atoms with Gasteiger partial charge in [-0.2, -0.15) is 0 Å². The Labute approximate surface area is 117 Å². The molecule has 0 aromatic heterocycles. The molecule has 0 atom stereocenters. The van der Waals surface area contributed by atoms with Gasteiger partial charge in [0.05, 0.1) is 0 Å². The normalized spacial score (nSPS) is 17.0. The quantitative estimate of drug-likeness (QED) is 0.863. The van der Waals surface area contributed by atoms with E-state index >= 15 is 0 Å². The van der Waals surface area contributed by atoms with Gasteiger partial charge < -0.3 is 5.11 Å². The summed E-state index contributed by atoms with van der Waals surface area (Å²) in [4.78, 5) is 18.0. The molecule has 0 spiro atoms. The van der Waals surface area contributed by atoms with Crippen LogP contribution in [0, 0.1) is 12.7 Å². The van der Waals surface area contributed by atoms with Gasteiger partial charge in [0.2, 0.25) is 0 Å². The minimum absolute atomic E-state index is 0.171. The van der Waals surface area contributed by atoms with Crippen LogP contribution >= 0.6 is 0 Å². The third-order valence-electron chi connectivity index (χ3n) is 3.16. The first-order chi connectivity index (χ1) is 9.43. The lowest BCUT2D eigenvalue weighted by atomic mass is 10.1. The van der Waals surface area contributed by atoms with Crippen molar-refractivity contribution in [2.45, 2.75) is 27.2 Å². The molecule has 1 N–H and O–H groups in total. The fraction of sp³-hybridized carbons (Fsp3) is 0.333. The van der Waals surface area contributed by atoms with E-state index < -0.39 is 5.82 Å². The van der Waals surface area contributed by atoms with E-state index in [2.05, 4.69) is 4.99 Å². The number of aryl methyl sites for hydroxylation is 1. The number of aromatic hydroxyl groups is 1. The summed E-state index contributed by atoms with van der Waals surface area (Å²) in [5.41, 5.74) is 1.23. The van der Waals surface area contributed by atoms with Crippen molar-refractivity contribution in [3.05, 3.63) is 34.8 Å². The molecule has 5 heteroatoms. The first kappa shape index (κ1) is 14.2. The van der Waals surface area contributed by atoms with Gasteiger partial charge in [-0.05, 0) is 49.6 Å². The number of halogens is 1.